The van der Waals surface area contributed by atoms with Crippen LogP contribution in [0.3, 0.4) is 0 Å². The minimum absolute atomic E-state index is 0.0703. The van der Waals surface area contributed by atoms with Gasteiger partial charge in [0.05, 0.1) is 19.7 Å². The molecule has 2 saturated heterocycles. The van der Waals surface area contributed by atoms with E-state index in [-0.39, 0.29) is 46.9 Å². The molecule has 3 heterocycles. The Labute approximate surface area is 206 Å². The third-order valence-corrected chi connectivity index (χ3v) is 7.81. The average molecular weight is 513 g/mol. The molecule has 0 aromatic heterocycles. The van der Waals surface area contributed by atoms with Gasteiger partial charge in [0.25, 0.3) is 0 Å². The lowest BCUT2D eigenvalue weighted by atomic mass is 9.79. The van der Waals surface area contributed by atoms with Gasteiger partial charge in [-0.1, -0.05) is 43.1 Å². The first-order chi connectivity index (χ1) is 15.9. The van der Waals surface area contributed by atoms with Crippen LogP contribution in [0.5, 0.6) is 0 Å². The molecule has 2 fully saturated rings. The number of ether oxygens (including phenoxy) is 1. The number of fused-ring (bicyclic) bond motifs is 2. The second kappa shape index (κ2) is 8.04. The summed E-state index contributed by atoms with van der Waals surface area (Å²) in [6.07, 6.45) is -4.55. The number of likely N-dealkylation sites (tertiary alicyclic amines) is 1. The number of anilines is 1. The van der Waals surface area contributed by atoms with Crippen LogP contribution in [0.15, 0.2) is 36.4 Å². The third-order valence-electron chi connectivity index (χ3n) is 7.37. The molecule has 4 nitrogen and oxygen atoms in total. The lowest BCUT2D eigenvalue weighted by Gasteiger charge is -2.48. The second-order valence-electron chi connectivity index (χ2n) is 9.88. The number of rotatable bonds is 3. The first-order valence-electron chi connectivity index (χ1n) is 11.3. The number of nitrogens with zero attached hydrogens (tertiary/aromatic N) is 2. The molecule has 5 rings (SSSR count). The Kier molecular flexibility index (Phi) is 5.62. The average Bonchev–Trinajstić information content (AvgIpc) is 3.34. The molecule has 3 aliphatic heterocycles. The molecule has 2 aromatic carbocycles. The van der Waals surface area contributed by atoms with Crippen molar-refractivity contribution in [3.8, 4) is 0 Å². The van der Waals surface area contributed by atoms with Gasteiger partial charge in [-0.3, -0.25) is 4.79 Å². The molecule has 9 heteroatoms. The topological polar surface area (TPSA) is 32.8 Å². The fraction of sp³-hybridized carbons (Fsp3) is 0.480. The second-order valence-corrected chi connectivity index (χ2v) is 10.8. The standard InChI is InChI=1S/C25H25Cl2F3N2O2/c1-15(2)22(33)32-13-24(14-32)21-4-3-20(7-16(21)11-34-24)31-6-5-23(12-31,25(28,29)30)17-8-18(26)10-19(27)9-17/h3-4,7-10,15H,5-6,11-14H2,1-2H3. The van der Waals surface area contributed by atoms with Crippen molar-refractivity contribution in [1.82, 2.24) is 4.90 Å². The van der Waals surface area contributed by atoms with Gasteiger partial charge in [0.1, 0.15) is 11.0 Å². The van der Waals surface area contributed by atoms with Crippen molar-refractivity contribution in [2.45, 2.75) is 44.1 Å². The fourth-order valence-electron chi connectivity index (χ4n) is 5.48. The van der Waals surface area contributed by atoms with Crippen LogP contribution >= 0.6 is 23.2 Å². The number of alkyl halides is 3. The van der Waals surface area contributed by atoms with E-state index in [9.17, 15) is 18.0 Å². The summed E-state index contributed by atoms with van der Waals surface area (Å²) in [5.74, 6) is 0.0278. The molecule has 1 unspecified atom stereocenters. The van der Waals surface area contributed by atoms with E-state index in [0.717, 1.165) is 16.8 Å². The minimum Gasteiger partial charge on any atom is -0.370 e. The molecule has 0 bridgehead atoms. The summed E-state index contributed by atoms with van der Waals surface area (Å²) in [6, 6.07) is 9.90. The van der Waals surface area contributed by atoms with Gasteiger partial charge in [-0.2, -0.15) is 13.2 Å². The molecule has 1 atom stereocenters. The number of carbonyl (C=O) groups is 1. The zero-order chi connectivity index (χ0) is 24.5. The molecule has 182 valence electrons. The Morgan fingerprint density at radius 3 is 2.35 bits per heavy atom. The van der Waals surface area contributed by atoms with Crippen LogP contribution in [0.4, 0.5) is 18.9 Å². The van der Waals surface area contributed by atoms with E-state index >= 15 is 0 Å². The lowest BCUT2D eigenvalue weighted by molar-refractivity contribution is -0.184. The van der Waals surface area contributed by atoms with Crippen molar-refractivity contribution in [3.05, 3.63) is 63.1 Å². The number of benzene rings is 2. The number of carbonyl (C=O) groups excluding carboxylic acids is 1. The molecule has 0 saturated carbocycles. The zero-order valence-electron chi connectivity index (χ0n) is 18.9. The van der Waals surface area contributed by atoms with Gasteiger partial charge in [0.2, 0.25) is 5.91 Å². The third kappa shape index (κ3) is 3.67. The number of amides is 1. The fourth-order valence-corrected chi connectivity index (χ4v) is 6.00. The number of halogens is 5. The van der Waals surface area contributed by atoms with Crippen molar-refractivity contribution in [3.63, 3.8) is 0 Å². The molecule has 34 heavy (non-hydrogen) atoms. The van der Waals surface area contributed by atoms with Crippen molar-refractivity contribution in [2.24, 2.45) is 5.92 Å². The highest BCUT2D eigenvalue weighted by molar-refractivity contribution is 6.34. The Balaban J connectivity index is 1.40. The molecule has 0 aliphatic carbocycles. The van der Waals surface area contributed by atoms with Crippen LogP contribution in [-0.4, -0.2) is 43.2 Å². The Morgan fingerprint density at radius 2 is 1.74 bits per heavy atom. The summed E-state index contributed by atoms with van der Waals surface area (Å²) in [5, 5.41) is 0.380. The summed E-state index contributed by atoms with van der Waals surface area (Å²) < 4.78 is 49.4. The van der Waals surface area contributed by atoms with E-state index in [0.29, 0.717) is 19.7 Å². The van der Waals surface area contributed by atoms with Crippen LogP contribution in [0.1, 0.15) is 37.0 Å². The number of hydrogen-bond donors (Lipinski definition) is 0. The van der Waals surface area contributed by atoms with Crippen LogP contribution in [0, 0.1) is 5.92 Å². The molecule has 0 N–H and O–H groups in total. The van der Waals surface area contributed by atoms with Crippen molar-refractivity contribution >= 4 is 34.8 Å². The van der Waals surface area contributed by atoms with Gasteiger partial charge in [-0.05, 0) is 53.4 Å². The maximum absolute atomic E-state index is 14.4. The highest BCUT2D eigenvalue weighted by atomic mass is 35.5. The van der Waals surface area contributed by atoms with Gasteiger partial charge in [0, 0.05) is 34.7 Å². The van der Waals surface area contributed by atoms with Crippen LogP contribution in [0.2, 0.25) is 10.0 Å². The molecule has 1 amide bonds. The van der Waals surface area contributed by atoms with Crippen LogP contribution in [-0.2, 0) is 27.2 Å². The highest BCUT2D eigenvalue weighted by Crippen LogP contribution is 2.50. The Morgan fingerprint density at radius 1 is 1.06 bits per heavy atom. The summed E-state index contributed by atoms with van der Waals surface area (Å²) in [5.41, 5.74) is 0.248. The van der Waals surface area contributed by atoms with Crippen molar-refractivity contribution in [2.75, 3.05) is 31.1 Å². The SMILES string of the molecule is CC(C)C(=O)N1CC2(C1)OCc1cc(N3CCC(c4cc(Cl)cc(Cl)c4)(C(F)(F)F)C3)ccc12. The van der Waals surface area contributed by atoms with E-state index < -0.39 is 17.2 Å². The smallest absolute Gasteiger partial charge is 0.370 e. The minimum atomic E-state index is -4.46. The van der Waals surface area contributed by atoms with Gasteiger partial charge in [-0.25, -0.2) is 0 Å². The predicted octanol–water partition coefficient (Wildman–Crippen LogP) is 5.93. The summed E-state index contributed by atoms with van der Waals surface area (Å²) >= 11 is 12.1. The summed E-state index contributed by atoms with van der Waals surface area (Å²) in [7, 11) is 0. The van der Waals surface area contributed by atoms with Gasteiger partial charge >= 0.3 is 6.18 Å². The lowest BCUT2D eigenvalue weighted by Crippen LogP contribution is -2.61. The Bertz CT molecular complexity index is 1130. The summed E-state index contributed by atoms with van der Waals surface area (Å²) in [4.78, 5) is 15.8. The number of hydrogen-bond acceptors (Lipinski definition) is 3. The quantitative estimate of drug-likeness (QED) is 0.511. The van der Waals surface area contributed by atoms with Gasteiger partial charge < -0.3 is 14.5 Å². The maximum atomic E-state index is 14.4. The van der Waals surface area contributed by atoms with Gasteiger partial charge in [-0.15, -0.1) is 0 Å². The van der Waals surface area contributed by atoms with E-state index in [1.807, 2.05) is 32.0 Å². The molecular formula is C25H25Cl2F3N2O2. The molecular weight excluding hydrogens is 488 g/mol. The zero-order valence-corrected chi connectivity index (χ0v) is 20.4. The van der Waals surface area contributed by atoms with E-state index in [2.05, 4.69) is 0 Å². The molecule has 2 aromatic rings. The molecule has 0 radical (unpaired) electrons. The van der Waals surface area contributed by atoms with E-state index in [4.69, 9.17) is 27.9 Å². The van der Waals surface area contributed by atoms with E-state index in [1.54, 1.807) is 9.80 Å². The predicted molar refractivity (Wildman–Crippen MR) is 125 cm³/mol. The highest BCUT2D eigenvalue weighted by Gasteiger charge is 2.59. The van der Waals surface area contributed by atoms with Gasteiger partial charge in [0.15, 0.2) is 0 Å². The van der Waals surface area contributed by atoms with Crippen molar-refractivity contribution in [1.29, 1.82) is 0 Å². The Hall–Kier alpha value is -1.96. The van der Waals surface area contributed by atoms with E-state index in [1.165, 1.54) is 18.2 Å². The maximum Gasteiger partial charge on any atom is 0.400 e. The van der Waals surface area contributed by atoms with Crippen LogP contribution < -0.4 is 4.90 Å². The first kappa shape index (κ1) is 23.8. The van der Waals surface area contributed by atoms with Crippen LogP contribution in [0.25, 0.3) is 0 Å². The van der Waals surface area contributed by atoms with Crippen molar-refractivity contribution < 1.29 is 22.7 Å². The molecule has 1 spiro atoms. The summed E-state index contributed by atoms with van der Waals surface area (Å²) in [6.45, 7) is 5.18. The monoisotopic (exact) mass is 512 g/mol. The normalized spacial score (nSPS) is 23.5. The largest absolute Gasteiger partial charge is 0.400 e. The first-order valence-corrected chi connectivity index (χ1v) is 12.0. The molecule has 3 aliphatic rings.